The molecule has 0 unspecified atom stereocenters. The van der Waals surface area contributed by atoms with Gasteiger partial charge in [0.1, 0.15) is 16.7 Å². The summed E-state index contributed by atoms with van der Waals surface area (Å²) in [5, 5.41) is 3.68. The summed E-state index contributed by atoms with van der Waals surface area (Å²) in [6, 6.07) is 14.3. The first-order chi connectivity index (χ1) is 14.6. The Morgan fingerprint density at radius 1 is 1.20 bits per heavy atom. The molecule has 30 heavy (non-hydrogen) atoms. The van der Waals surface area contributed by atoms with Gasteiger partial charge in [0.05, 0.1) is 17.6 Å². The monoisotopic (exact) mass is 425 g/mol. The summed E-state index contributed by atoms with van der Waals surface area (Å²) in [7, 11) is 0. The lowest BCUT2D eigenvalue weighted by atomic mass is 10.1. The van der Waals surface area contributed by atoms with E-state index >= 15 is 0 Å². The van der Waals surface area contributed by atoms with Crippen LogP contribution in [0.5, 0.6) is 0 Å². The van der Waals surface area contributed by atoms with Crippen molar-refractivity contribution in [2.24, 2.45) is 0 Å². The van der Waals surface area contributed by atoms with Crippen molar-refractivity contribution < 1.29 is 13.9 Å². The van der Waals surface area contributed by atoms with Crippen LogP contribution in [0.15, 0.2) is 53.6 Å². The van der Waals surface area contributed by atoms with Crippen molar-refractivity contribution in [1.29, 1.82) is 0 Å². The fraction of sp³-hybridized carbons (Fsp3) is 0.304. The number of nitrogens with one attached hydrogen (secondary N) is 2. The maximum absolute atomic E-state index is 13.3. The largest absolute Gasteiger partial charge is 0.376 e. The van der Waals surface area contributed by atoms with Crippen molar-refractivity contribution in [2.45, 2.75) is 30.9 Å². The summed E-state index contributed by atoms with van der Waals surface area (Å²) >= 11 is 1.39. The van der Waals surface area contributed by atoms with Crippen LogP contribution in [0, 0.1) is 12.7 Å². The Kier molecular flexibility index (Phi) is 6.50. The number of nitrogens with zero attached hydrogens (tertiary/aromatic N) is 1. The fourth-order valence-electron chi connectivity index (χ4n) is 3.34. The molecule has 3 aromatic rings. The fourth-order valence-corrected chi connectivity index (χ4v) is 4.18. The molecule has 1 aliphatic heterocycles. The molecule has 1 amide bonds. The van der Waals surface area contributed by atoms with Crippen molar-refractivity contribution in [2.75, 3.05) is 18.9 Å². The zero-order valence-electron chi connectivity index (χ0n) is 16.8. The van der Waals surface area contributed by atoms with Crippen LogP contribution >= 0.6 is 11.8 Å². The highest BCUT2D eigenvalue weighted by molar-refractivity contribution is 8.00. The second kappa shape index (κ2) is 9.45. The standard InChI is InChI=1S/C23H24FN3O2S/c1-15-4-6-16(7-5-15)21-23(27-22(26-21)17-8-10-18(24)11-9-17)30-14-20(28)25-13-19-3-2-12-29-19/h4-11,19H,2-3,12-14H2,1H3,(H,25,28)(H,26,27)/t19-/m1/s1. The van der Waals surface area contributed by atoms with Crippen molar-refractivity contribution >= 4 is 17.7 Å². The van der Waals surface area contributed by atoms with E-state index < -0.39 is 0 Å². The molecular formula is C23H24FN3O2S. The number of carbonyl (C=O) groups excluding carboxylic acids is 1. The van der Waals surface area contributed by atoms with Crippen molar-refractivity contribution in [1.82, 2.24) is 15.3 Å². The van der Waals surface area contributed by atoms with Crippen LogP contribution in [0.2, 0.25) is 0 Å². The van der Waals surface area contributed by atoms with Crippen LogP contribution in [0.4, 0.5) is 4.39 Å². The minimum absolute atomic E-state index is 0.0447. The number of halogens is 1. The number of ether oxygens (including phenoxy) is 1. The van der Waals surface area contributed by atoms with E-state index in [1.54, 1.807) is 12.1 Å². The Morgan fingerprint density at radius 3 is 2.63 bits per heavy atom. The van der Waals surface area contributed by atoms with Gasteiger partial charge in [0.15, 0.2) is 0 Å². The molecule has 7 heteroatoms. The van der Waals surface area contributed by atoms with Crippen LogP contribution in [0.1, 0.15) is 18.4 Å². The van der Waals surface area contributed by atoms with Gasteiger partial charge in [-0.1, -0.05) is 41.6 Å². The van der Waals surface area contributed by atoms with Gasteiger partial charge in [0, 0.05) is 24.3 Å². The molecule has 1 aliphatic rings. The maximum Gasteiger partial charge on any atom is 0.230 e. The summed E-state index contributed by atoms with van der Waals surface area (Å²) in [6.45, 7) is 3.36. The number of thioether (sulfide) groups is 1. The molecule has 0 radical (unpaired) electrons. The molecule has 5 nitrogen and oxygen atoms in total. The van der Waals surface area contributed by atoms with Crippen LogP contribution in [-0.2, 0) is 9.53 Å². The van der Waals surface area contributed by atoms with E-state index in [4.69, 9.17) is 9.72 Å². The molecule has 2 aromatic carbocycles. The number of imidazole rings is 1. The van der Waals surface area contributed by atoms with E-state index in [9.17, 15) is 9.18 Å². The van der Waals surface area contributed by atoms with Gasteiger partial charge in [0.2, 0.25) is 5.91 Å². The SMILES string of the molecule is Cc1ccc(-c2[nH]c(-c3ccc(F)cc3)nc2SCC(=O)NC[C@H]2CCCO2)cc1. The third kappa shape index (κ3) is 5.09. The lowest BCUT2D eigenvalue weighted by molar-refractivity contribution is -0.119. The van der Waals surface area contributed by atoms with Gasteiger partial charge < -0.3 is 15.0 Å². The van der Waals surface area contributed by atoms with Crippen LogP contribution < -0.4 is 5.32 Å². The summed E-state index contributed by atoms with van der Waals surface area (Å²) < 4.78 is 18.8. The highest BCUT2D eigenvalue weighted by Gasteiger charge is 2.18. The van der Waals surface area contributed by atoms with Crippen LogP contribution in [0.3, 0.4) is 0 Å². The summed E-state index contributed by atoms with van der Waals surface area (Å²) in [5.74, 6) is 0.574. The van der Waals surface area contributed by atoms with E-state index in [0.717, 1.165) is 41.3 Å². The molecule has 2 heterocycles. The number of hydrogen-bond donors (Lipinski definition) is 2. The molecule has 1 aromatic heterocycles. The van der Waals surface area contributed by atoms with Crippen molar-refractivity contribution in [3.05, 3.63) is 59.9 Å². The zero-order chi connectivity index (χ0) is 20.9. The van der Waals surface area contributed by atoms with Crippen LogP contribution in [-0.4, -0.2) is 40.9 Å². The molecule has 0 spiro atoms. The number of H-pyrrole nitrogens is 1. The molecule has 0 aliphatic carbocycles. The highest BCUT2D eigenvalue weighted by Crippen LogP contribution is 2.32. The average molecular weight is 426 g/mol. The first-order valence-electron chi connectivity index (χ1n) is 10.0. The van der Waals surface area contributed by atoms with Gasteiger partial charge in [-0.15, -0.1) is 0 Å². The van der Waals surface area contributed by atoms with E-state index in [0.29, 0.717) is 12.4 Å². The lowest BCUT2D eigenvalue weighted by Crippen LogP contribution is -2.32. The van der Waals surface area contributed by atoms with E-state index in [1.165, 1.54) is 29.5 Å². The Hall–Kier alpha value is -2.64. The van der Waals surface area contributed by atoms with Crippen LogP contribution in [0.25, 0.3) is 22.6 Å². The maximum atomic E-state index is 13.3. The quantitative estimate of drug-likeness (QED) is 0.544. The number of aromatic nitrogens is 2. The Labute approximate surface area is 179 Å². The number of benzene rings is 2. The zero-order valence-corrected chi connectivity index (χ0v) is 17.6. The Balaban J connectivity index is 1.51. The molecule has 1 saturated heterocycles. The van der Waals surface area contributed by atoms with Gasteiger partial charge in [-0.3, -0.25) is 4.79 Å². The summed E-state index contributed by atoms with van der Waals surface area (Å²) in [5.41, 5.74) is 3.80. The minimum atomic E-state index is -0.290. The second-order valence-electron chi connectivity index (χ2n) is 7.37. The molecule has 156 valence electrons. The Bertz CT molecular complexity index is 996. The topological polar surface area (TPSA) is 67.0 Å². The Morgan fingerprint density at radius 2 is 1.93 bits per heavy atom. The van der Waals surface area contributed by atoms with E-state index in [-0.39, 0.29) is 23.6 Å². The van der Waals surface area contributed by atoms with Crippen molar-refractivity contribution in [3.63, 3.8) is 0 Å². The average Bonchev–Trinajstić information content (AvgIpc) is 3.42. The predicted octanol–water partition coefficient (Wildman–Crippen LogP) is 4.58. The number of rotatable bonds is 7. The summed E-state index contributed by atoms with van der Waals surface area (Å²) in [4.78, 5) is 20.4. The number of hydrogen-bond acceptors (Lipinski definition) is 4. The van der Waals surface area contributed by atoms with Gasteiger partial charge in [0.25, 0.3) is 0 Å². The molecule has 0 bridgehead atoms. The third-order valence-electron chi connectivity index (χ3n) is 5.02. The summed E-state index contributed by atoms with van der Waals surface area (Å²) in [6.07, 6.45) is 2.16. The number of amides is 1. The van der Waals surface area contributed by atoms with Gasteiger partial charge in [-0.05, 0) is 44.0 Å². The van der Waals surface area contributed by atoms with Gasteiger partial charge >= 0.3 is 0 Å². The number of aryl methyl sites for hydroxylation is 1. The van der Waals surface area contributed by atoms with Crippen molar-refractivity contribution in [3.8, 4) is 22.6 Å². The third-order valence-corrected chi connectivity index (χ3v) is 5.99. The van der Waals surface area contributed by atoms with Gasteiger partial charge in [-0.2, -0.15) is 0 Å². The molecule has 2 N–H and O–H groups in total. The molecule has 4 rings (SSSR count). The molecular weight excluding hydrogens is 401 g/mol. The first-order valence-corrected chi connectivity index (χ1v) is 11.0. The first kappa shape index (κ1) is 20.6. The normalized spacial score (nSPS) is 16.0. The minimum Gasteiger partial charge on any atom is -0.376 e. The number of aromatic amines is 1. The number of carbonyl (C=O) groups is 1. The van der Waals surface area contributed by atoms with E-state index in [2.05, 4.69) is 10.3 Å². The molecule has 1 atom stereocenters. The lowest BCUT2D eigenvalue weighted by Gasteiger charge is -2.10. The van der Waals surface area contributed by atoms with E-state index in [1.807, 2.05) is 31.2 Å². The van der Waals surface area contributed by atoms with Gasteiger partial charge in [-0.25, -0.2) is 9.37 Å². The molecule has 0 saturated carbocycles. The highest BCUT2D eigenvalue weighted by atomic mass is 32.2. The second-order valence-corrected chi connectivity index (χ2v) is 8.33. The predicted molar refractivity (Wildman–Crippen MR) is 117 cm³/mol. The smallest absolute Gasteiger partial charge is 0.230 e. The molecule has 1 fully saturated rings.